The summed E-state index contributed by atoms with van der Waals surface area (Å²) < 4.78 is 0. The van der Waals surface area contributed by atoms with E-state index in [9.17, 15) is 0 Å². The van der Waals surface area contributed by atoms with Gasteiger partial charge in [-0.25, -0.2) is 4.99 Å². The van der Waals surface area contributed by atoms with Gasteiger partial charge in [0.1, 0.15) is 0 Å². The molecule has 8 aromatic rings. The van der Waals surface area contributed by atoms with Gasteiger partial charge >= 0.3 is 0 Å². The van der Waals surface area contributed by atoms with E-state index in [2.05, 4.69) is 196 Å². The normalized spacial score (nSPS) is 17.0. The van der Waals surface area contributed by atoms with Gasteiger partial charge in [-0.1, -0.05) is 184 Å². The van der Waals surface area contributed by atoms with Gasteiger partial charge in [0, 0.05) is 17.4 Å². The zero-order chi connectivity index (χ0) is 37.4. The number of rotatable bonds is 4. The van der Waals surface area contributed by atoms with E-state index in [0.29, 0.717) is 0 Å². The summed E-state index contributed by atoms with van der Waals surface area (Å²) in [6, 6.07) is 69.2. The van der Waals surface area contributed by atoms with Crippen LogP contribution in [-0.2, 0) is 10.8 Å². The molecule has 1 heterocycles. The molecule has 11 rings (SSSR count). The average molecular weight is 717 g/mol. The van der Waals surface area contributed by atoms with Crippen LogP contribution in [0.2, 0.25) is 0 Å². The lowest BCUT2D eigenvalue weighted by Gasteiger charge is -2.46. The monoisotopic (exact) mass is 716 g/mol. The molecular formula is C54H40N2. The second-order valence-corrected chi connectivity index (χ2v) is 16.1. The highest BCUT2D eigenvalue weighted by molar-refractivity contribution is 6.15. The first-order valence-corrected chi connectivity index (χ1v) is 19.7. The number of hydrogen-bond acceptors (Lipinski definition) is 2. The molecule has 2 aliphatic carbocycles. The van der Waals surface area contributed by atoms with Crippen molar-refractivity contribution in [3.63, 3.8) is 0 Å². The molecule has 8 aromatic carbocycles. The van der Waals surface area contributed by atoms with E-state index < -0.39 is 5.41 Å². The number of fused-ring (bicyclic) bond motifs is 10. The third kappa shape index (κ3) is 4.82. The van der Waals surface area contributed by atoms with E-state index in [4.69, 9.17) is 9.98 Å². The summed E-state index contributed by atoms with van der Waals surface area (Å²) in [7, 11) is 0. The fourth-order valence-electron chi connectivity index (χ4n) is 10.0. The molecule has 0 bridgehead atoms. The van der Waals surface area contributed by atoms with Gasteiger partial charge in [0.2, 0.25) is 0 Å². The van der Waals surface area contributed by atoms with Gasteiger partial charge in [0.25, 0.3) is 0 Å². The van der Waals surface area contributed by atoms with E-state index in [1.165, 1.54) is 72.0 Å². The maximum Gasteiger partial charge on any atom is 0.155 e. The first-order chi connectivity index (χ1) is 27.5. The molecule has 3 aliphatic rings. The van der Waals surface area contributed by atoms with E-state index in [0.717, 1.165) is 29.1 Å². The summed E-state index contributed by atoms with van der Waals surface area (Å²) in [6.07, 6.45) is 0.730. The average Bonchev–Trinajstić information content (AvgIpc) is 3.56. The molecular weight excluding hydrogens is 677 g/mol. The lowest BCUT2D eigenvalue weighted by atomic mass is 9.55. The molecule has 2 heteroatoms. The van der Waals surface area contributed by atoms with Gasteiger partial charge in [0.05, 0.1) is 17.2 Å². The highest BCUT2D eigenvalue weighted by Gasteiger charge is 2.53. The van der Waals surface area contributed by atoms with Crippen molar-refractivity contribution in [3.8, 4) is 22.3 Å². The fraction of sp³-hybridized carbons (Fsp3) is 0.111. The Morgan fingerprint density at radius 2 is 1.02 bits per heavy atom. The number of benzene rings is 8. The first-order valence-electron chi connectivity index (χ1n) is 19.7. The Morgan fingerprint density at radius 1 is 0.429 bits per heavy atom. The lowest BCUT2D eigenvalue weighted by molar-refractivity contribution is 0.563. The molecule has 0 saturated heterocycles. The van der Waals surface area contributed by atoms with Crippen LogP contribution in [0, 0.1) is 0 Å². The molecule has 0 amide bonds. The number of nitrogens with zero attached hydrogens (tertiary/aromatic N) is 2. The van der Waals surface area contributed by atoms with Crippen LogP contribution in [0.3, 0.4) is 0 Å². The maximum atomic E-state index is 5.32. The molecule has 1 spiro atoms. The Morgan fingerprint density at radius 3 is 1.79 bits per heavy atom. The van der Waals surface area contributed by atoms with Gasteiger partial charge < -0.3 is 0 Å². The molecule has 1 atom stereocenters. The van der Waals surface area contributed by atoms with Crippen LogP contribution < -0.4 is 0 Å². The Kier molecular flexibility index (Phi) is 7.28. The molecule has 0 radical (unpaired) electrons. The molecule has 2 nitrogen and oxygen atoms in total. The Bertz CT molecular complexity index is 2880. The lowest BCUT2D eigenvalue weighted by Crippen LogP contribution is -2.40. The van der Waals surface area contributed by atoms with Gasteiger partial charge in [-0.2, -0.15) is 0 Å². The van der Waals surface area contributed by atoms with Crippen molar-refractivity contribution in [2.24, 2.45) is 9.98 Å². The molecule has 1 aliphatic heterocycles. The van der Waals surface area contributed by atoms with Crippen molar-refractivity contribution < 1.29 is 0 Å². The van der Waals surface area contributed by atoms with Gasteiger partial charge in [-0.3, -0.25) is 4.99 Å². The van der Waals surface area contributed by atoms with E-state index in [1.807, 2.05) is 6.07 Å². The van der Waals surface area contributed by atoms with Crippen LogP contribution in [0.1, 0.15) is 76.4 Å². The first kappa shape index (κ1) is 32.8. The third-order valence-electron chi connectivity index (χ3n) is 12.7. The van der Waals surface area contributed by atoms with Gasteiger partial charge in [-0.15, -0.1) is 0 Å². The Hall–Kier alpha value is -6.64. The minimum absolute atomic E-state index is 0.0684. The van der Waals surface area contributed by atoms with Crippen molar-refractivity contribution in [1.29, 1.82) is 0 Å². The van der Waals surface area contributed by atoms with Crippen LogP contribution in [0.25, 0.3) is 33.0 Å². The second kappa shape index (κ2) is 12.4. The maximum absolute atomic E-state index is 5.32. The van der Waals surface area contributed by atoms with Crippen molar-refractivity contribution in [2.45, 2.75) is 37.1 Å². The molecule has 0 fully saturated rings. The van der Waals surface area contributed by atoms with Gasteiger partial charge in [0.15, 0.2) is 5.84 Å². The van der Waals surface area contributed by atoms with Crippen LogP contribution in [0.5, 0.6) is 0 Å². The van der Waals surface area contributed by atoms with Crippen LogP contribution in [0.4, 0.5) is 0 Å². The zero-order valence-corrected chi connectivity index (χ0v) is 31.6. The standard InChI is InChI=1S/C54H40N2/c1-53(2)46-23-10-12-25-48(46)54(49-26-13-11-24-47(49)53)44-22-9-8-21-42(44)43-33-39(29-30-45(43)54)38-19-14-20-40(32-38)50-34-51(56-52(55-50)36-16-4-3-5-17-36)41-28-27-35-15-6-7-18-37(35)31-41/h3-33,50H,34H2,1-2H3. The molecule has 1 unspecified atom stereocenters. The van der Waals surface area contributed by atoms with Crippen LogP contribution in [-0.4, -0.2) is 11.5 Å². The smallest absolute Gasteiger partial charge is 0.155 e. The molecule has 266 valence electrons. The minimum Gasteiger partial charge on any atom is -0.258 e. The predicted octanol–water partition coefficient (Wildman–Crippen LogP) is 12.9. The summed E-state index contributed by atoms with van der Waals surface area (Å²) >= 11 is 0. The highest BCUT2D eigenvalue weighted by atomic mass is 15.0. The van der Waals surface area contributed by atoms with E-state index >= 15 is 0 Å². The fourth-order valence-corrected chi connectivity index (χ4v) is 10.0. The van der Waals surface area contributed by atoms with E-state index in [-0.39, 0.29) is 11.5 Å². The number of hydrogen-bond donors (Lipinski definition) is 0. The van der Waals surface area contributed by atoms with Crippen molar-refractivity contribution in [3.05, 3.63) is 238 Å². The SMILES string of the molecule is CC1(C)c2ccccc2C2(c3ccccc3-c3cc(-c4cccc(C5CC(c6ccc7ccccc7c6)=NC(c6ccccc6)=N5)c4)ccc32)c2ccccc21. The Balaban J connectivity index is 1.03. The minimum atomic E-state index is -0.391. The Labute approximate surface area is 328 Å². The highest BCUT2D eigenvalue weighted by Crippen LogP contribution is 2.62. The summed E-state index contributed by atoms with van der Waals surface area (Å²) in [4.78, 5) is 10.5. The summed E-state index contributed by atoms with van der Waals surface area (Å²) in [5.41, 5.74) is 17.2. The summed E-state index contributed by atoms with van der Waals surface area (Å²) in [5, 5.41) is 2.45. The quantitative estimate of drug-likeness (QED) is 0.173. The van der Waals surface area contributed by atoms with Gasteiger partial charge in [-0.05, 0) is 95.7 Å². The van der Waals surface area contributed by atoms with Crippen LogP contribution in [0.15, 0.2) is 198 Å². The summed E-state index contributed by atoms with van der Waals surface area (Å²) in [6.45, 7) is 4.76. The van der Waals surface area contributed by atoms with Crippen molar-refractivity contribution >= 4 is 22.3 Å². The largest absolute Gasteiger partial charge is 0.258 e. The number of amidine groups is 1. The van der Waals surface area contributed by atoms with E-state index in [1.54, 1.807) is 0 Å². The molecule has 0 saturated carbocycles. The zero-order valence-electron chi connectivity index (χ0n) is 31.6. The predicted molar refractivity (Wildman–Crippen MR) is 232 cm³/mol. The van der Waals surface area contributed by atoms with Crippen molar-refractivity contribution in [2.75, 3.05) is 0 Å². The second-order valence-electron chi connectivity index (χ2n) is 16.1. The topological polar surface area (TPSA) is 24.7 Å². The van der Waals surface area contributed by atoms with Crippen molar-refractivity contribution in [1.82, 2.24) is 0 Å². The molecule has 0 aromatic heterocycles. The third-order valence-corrected chi connectivity index (χ3v) is 12.7. The molecule has 0 N–H and O–H groups in total. The number of aliphatic imine (C=N–C) groups is 2. The van der Waals surface area contributed by atoms with Crippen LogP contribution >= 0.6 is 0 Å². The molecule has 56 heavy (non-hydrogen) atoms. The summed E-state index contributed by atoms with van der Waals surface area (Å²) in [5.74, 6) is 0.783.